The molecule has 0 aromatic carbocycles. The third-order valence-electron chi connectivity index (χ3n) is 7.53. The van der Waals surface area contributed by atoms with E-state index in [-0.39, 0.29) is 47.1 Å². The Morgan fingerprint density at radius 3 is 2.74 bits per heavy atom. The first-order valence-corrected chi connectivity index (χ1v) is 14.5. The fraction of sp³-hybridized carbons (Fsp3) is 0.731. The molecular weight excluding hydrogens is 532 g/mol. The summed E-state index contributed by atoms with van der Waals surface area (Å²) in [5, 5.41) is 9.65. The molecule has 35 heavy (non-hydrogen) atoms. The second kappa shape index (κ2) is 12.3. The number of aliphatic hydroxyl groups is 1. The lowest BCUT2D eigenvalue weighted by molar-refractivity contribution is -0.154. The first-order chi connectivity index (χ1) is 16.8. The summed E-state index contributed by atoms with van der Waals surface area (Å²) in [7, 11) is 0. The first-order valence-electron chi connectivity index (χ1n) is 12.7. The van der Waals surface area contributed by atoms with Gasteiger partial charge in [0.1, 0.15) is 6.04 Å². The number of nitrogens with zero attached hydrogens (tertiary/aromatic N) is 2. The molecular formula is C26H39BrN2O5S. The van der Waals surface area contributed by atoms with Gasteiger partial charge in [0.2, 0.25) is 11.8 Å². The van der Waals surface area contributed by atoms with Crippen LogP contribution in [0.3, 0.4) is 0 Å². The third-order valence-corrected chi connectivity index (χ3v) is 10.8. The zero-order valence-corrected chi connectivity index (χ0v) is 23.3. The van der Waals surface area contributed by atoms with E-state index in [1.165, 1.54) is 4.90 Å². The summed E-state index contributed by atoms with van der Waals surface area (Å²) in [6.07, 6.45) is 8.45. The van der Waals surface area contributed by atoms with Crippen molar-refractivity contribution in [2.45, 2.75) is 79.3 Å². The van der Waals surface area contributed by atoms with E-state index < -0.39 is 22.6 Å². The van der Waals surface area contributed by atoms with Crippen LogP contribution in [0.5, 0.6) is 0 Å². The Bertz CT molecular complexity index is 826. The van der Waals surface area contributed by atoms with Crippen LogP contribution in [0.15, 0.2) is 25.3 Å². The van der Waals surface area contributed by atoms with Crippen molar-refractivity contribution in [2.24, 2.45) is 11.8 Å². The second-order valence-corrected chi connectivity index (χ2v) is 12.5. The molecule has 4 unspecified atom stereocenters. The molecule has 1 N–H and O–H groups in total. The Morgan fingerprint density at radius 1 is 1.37 bits per heavy atom. The number of esters is 1. The van der Waals surface area contributed by atoms with Crippen LogP contribution in [0, 0.1) is 11.8 Å². The largest absolute Gasteiger partial charge is 0.465 e. The number of carbonyl (C=O) groups is 3. The lowest BCUT2D eigenvalue weighted by Crippen LogP contribution is -2.57. The quantitative estimate of drug-likeness (QED) is 0.149. The highest BCUT2D eigenvalue weighted by Crippen LogP contribution is 2.68. The van der Waals surface area contributed by atoms with Gasteiger partial charge >= 0.3 is 5.97 Å². The molecule has 0 radical (unpaired) electrons. The van der Waals surface area contributed by atoms with Gasteiger partial charge in [-0.05, 0) is 39.0 Å². The molecule has 3 heterocycles. The van der Waals surface area contributed by atoms with Gasteiger partial charge in [-0.25, -0.2) is 0 Å². The van der Waals surface area contributed by atoms with Crippen molar-refractivity contribution in [1.29, 1.82) is 0 Å². The van der Waals surface area contributed by atoms with E-state index in [2.05, 4.69) is 36.0 Å². The van der Waals surface area contributed by atoms with Crippen molar-refractivity contribution in [1.82, 2.24) is 9.80 Å². The van der Waals surface area contributed by atoms with Crippen LogP contribution in [0.25, 0.3) is 0 Å². The van der Waals surface area contributed by atoms with E-state index in [1.54, 1.807) is 22.7 Å². The molecule has 3 rings (SSSR count). The van der Waals surface area contributed by atoms with Gasteiger partial charge in [-0.15, -0.1) is 24.9 Å². The van der Waals surface area contributed by atoms with Crippen LogP contribution in [-0.2, 0) is 19.1 Å². The van der Waals surface area contributed by atoms with Crippen molar-refractivity contribution in [2.75, 3.05) is 26.3 Å². The zero-order chi connectivity index (χ0) is 25.8. The number of halogens is 1. The Balaban J connectivity index is 1.92. The number of allylic oxidation sites excluding steroid dienone is 1. The lowest BCUT2D eigenvalue weighted by atomic mass is 9.71. The van der Waals surface area contributed by atoms with Gasteiger partial charge in [-0.1, -0.05) is 41.4 Å². The maximum Gasteiger partial charge on any atom is 0.310 e. The van der Waals surface area contributed by atoms with Gasteiger partial charge in [0, 0.05) is 29.2 Å². The molecule has 7 atom stereocenters. The van der Waals surface area contributed by atoms with Gasteiger partial charge < -0.3 is 19.6 Å². The van der Waals surface area contributed by atoms with E-state index >= 15 is 0 Å². The number of β-amino-alcohol motifs (C(OH)–C–C–N with tert-alkyl or cyclic N) is 1. The summed E-state index contributed by atoms with van der Waals surface area (Å²) in [6, 6.07) is -0.737. The molecule has 7 nitrogen and oxygen atoms in total. The number of unbranched alkanes of at least 4 members (excludes halogenated alkanes) is 2. The number of thioether (sulfide) groups is 1. The molecule has 0 aromatic heterocycles. The van der Waals surface area contributed by atoms with E-state index in [1.807, 2.05) is 13.0 Å². The maximum atomic E-state index is 14.1. The van der Waals surface area contributed by atoms with Crippen LogP contribution < -0.4 is 0 Å². The second-order valence-electron chi connectivity index (χ2n) is 9.79. The molecule has 1 spiro atoms. The predicted octanol–water partition coefficient (Wildman–Crippen LogP) is 3.55. The fourth-order valence-corrected chi connectivity index (χ4v) is 9.64. The van der Waals surface area contributed by atoms with E-state index in [9.17, 15) is 19.5 Å². The maximum absolute atomic E-state index is 14.1. The zero-order valence-electron chi connectivity index (χ0n) is 20.9. The van der Waals surface area contributed by atoms with Gasteiger partial charge in [0.05, 0.1) is 29.8 Å². The highest BCUT2D eigenvalue weighted by Gasteiger charge is 2.76. The van der Waals surface area contributed by atoms with Gasteiger partial charge in [0.15, 0.2) is 0 Å². The molecule has 196 valence electrons. The molecule has 2 amide bonds. The summed E-state index contributed by atoms with van der Waals surface area (Å²) in [5.41, 5.74) is 0. The van der Waals surface area contributed by atoms with Crippen molar-refractivity contribution in [3.8, 4) is 0 Å². The SMILES string of the molecule is C=CCCCCOC(=O)[C@H]1[C@@H]2SC3(CC2Br)C(C(=O)N(CC=C)C(C)CCC)N(CCO)C(=O)[C@H]13. The summed E-state index contributed by atoms with van der Waals surface area (Å²) in [6.45, 7) is 12.2. The number of carbonyl (C=O) groups excluding carboxylic acids is 3. The highest BCUT2D eigenvalue weighted by molar-refractivity contribution is 9.09. The number of hydrogen-bond acceptors (Lipinski definition) is 6. The highest BCUT2D eigenvalue weighted by atomic mass is 79.9. The molecule has 3 saturated heterocycles. The summed E-state index contributed by atoms with van der Waals surface area (Å²) in [5.74, 6) is -1.93. The van der Waals surface area contributed by atoms with Crippen molar-refractivity contribution in [3.05, 3.63) is 25.3 Å². The van der Waals surface area contributed by atoms with E-state index in [0.717, 1.165) is 32.1 Å². The smallest absolute Gasteiger partial charge is 0.310 e. The van der Waals surface area contributed by atoms with E-state index in [0.29, 0.717) is 19.6 Å². The Kier molecular flexibility index (Phi) is 9.91. The number of hydrogen-bond donors (Lipinski definition) is 1. The Hall–Kier alpha value is -1.32. The topological polar surface area (TPSA) is 87.2 Å². The van der Waals surface area contributed by atoms with Crippen LogP contribution >= 0.6 is 27.7 Å². The normalized spacial score (nSPS) is 31.8. The van der Waals surface area contributed by atoms with Crippen molar-refractivity contribution in [3.63, 3.8) is 0 Å². The van der Waals surface area contributed by atoms with Gasteiger partial charge in [-0.2, -0.15) is 0 Å². The molecule has 0 aliphatic carbocycles. The number of rotatable bonds is 14. The van der Waals surface area contributed by atoms with Crippen molar-refractivity contribution >= 4 is 45.5 Å². The van der Waals surface area contributed by atoms with Crippen LogP contribution in [0.1, 0.15) is 52.4 Å². The average molecular weight is 572 g/mol. The average Bonchev–Trinajstić information content (AvgIpc) is 3.41. The molecule has 0 saturated carbocycles. The number of alkyl halides is 1. The van der Waals surface area contributed by atoms with Crippen LogP contribution in [-0.4, -0.2) is 85.9 Å². The Labute approximate surface area is 221 Å². The van der Waals surface area contributed by atoms with E-state index in [4.69, 9.17) is 4.74 Å². The molecule has 0 aromatic rings. The molecule has 3 aliphatic heterocycles. The summed E-state index contributed by atoms with van der Waals surface area (Å²) < 4.78 is 4.92. The van der Waals surface area contributed by atoms with Crippen molar-refractivity contribution < 1.29 is 24.2 Å². The molecule has 9 heteroatoms. The fourth-order valence-electron chi connectivity index (χ4n) is 6.04. The molecule has 3 aliphatic rings. The standard InChI is InChI=1S/C26H39BrN2O5S/c1-5-8-9-10-15-34-25(33)19-20-23(31)29(13-14-30)22(26(20)16-18(27)21(19)35-26)24(32)28(12-7-3)17(4)11-6-2/h5,7,17-22,30H,1,3,6,8-16H2,2,4H3/t17?,18?,19-,20+,21-,22?,26?/m1/s1. The Morgan fingerprint density at radius 2 is 2.11 bits per heavy atom. The molecule has 2 bridgehead atoms. The lowest BCUT2D eigenvalue weighted by Gasteiger charge is -2.39. The van der Waals surface area contributed by atoms with Crippen LogP contribution in [0.4, 0.5) is 0 Å². The first kappa shape index (κ1) is 28.3. The number of fused-ring (bicyclic) bond motifs is 1. The summed E-state index contributed by atoms with van der Waals surface area (Å²) in [4.78, 5) is 44.5. The number of likely N-dealkylation sites (tertiary alicyclic amines) is 1. The van der Waals surface area contributed by atoms with Gasteiger partial charge in [-0.3, -0.25) is 14.4 Å². The van der Waals surface area contributed by atoms with Crippen LogP contribution in [0.2, 0.25) is 0 Å². The number of ether oxygens (including phenoxy) is 1. The number of amides is 2. The predicted molar refractivity (Wildman–Crippen MR) is 142 cm³/mol. The third kappa shape index (κ3) is 5.23. The monoisotopic (exact) mass is 570 g/mol. The minimum Gasteiger partial charge on any atom is -0.465 e. The minimum absolute atomic E-state index is 0.000150. The summed E-state index contributed by atoms with van der Waals surface area (Å²) >= 11 is 5.35. The molecule has 3 fully saturated rings. The van der Waals surface area contributed by atoms with Gasteiger partial charge in [0.25, 0.3) is 0 Å². The minimum atomic E-state index is -0.730. The number of aliphatic hydroxyl groups excluding tert-OH is 1.